The van der Waals surface area contributed by atoms with Gasteiger partial charge in [-0.1, -0.05) is 18.2 Å². The van der Waals surface area contributed by atoms with Gasteiger partial charge in [0.2, 0.25) is 0 Å². The molecule has 1 N–H and O–H groups in total. The van der Waals surface area contributed by atoms with Crippen LogP contribution in [0.4, 0.5) is 13.2 Å². The standard InChI is InChI=1S/C7H13F3OS/c1-6(11)4-2-3-5-12-7(8,9)10/h6,11H,2-5H2,1H3. The molecule has 1 nitrogen and oxygen atoms in total. The summed E-state index contributed by atoms with van der Waals surface area (Å²) in [4.78, 5) is 0. The lowest BCUT2D eigenvalue weighted by Crippen LogP contribution is -2.03. The Labute approximate surface area is 74.3 Å². The molecule has 74 valence electrons. The zero-order chi connectivity index (χ0) is 9.61. The fourth-order valence-corrected chi connectivity index (χ4v) is 1.31. The van der Waals surface area contributed by atoms with Crippen molar-refractivity contribution < 1.29 is 18.3 Å². The smallest absolute Gasteiger partial charge is 0.393 e. The van der Waals surface area contributed by atoms with Crippen LogP contribution < -0.4 is 0 Å². The van der Waals surface area contributed by atoms with Crippen LogP contribution in [0, 0.1) is 0 Å². The van der Waals surface area contributed by atoms with Crippen molar-refractivity contribution in [3.63, 3.8) is 0 Å². The Kier molecular flexibility index (Phi) is 5.74. The van der Waals surface area contributed by atoms with Gasteiger partial charge < -0.3 is 5.11 Å². The van der Waals surface area contributed by atoms with E-state index in [9.17, 15) is 13.2 Å². The summed E-state index contributed by atoms with van der Waals surface area (Å²) in [6, 6.07) is 0. The van der Waals surface area contributed by atoms with Gasteiger partial charge >= 0.3 is 5.51 Å². The third kappa shape index (κ3) is 10.1. The van der Waals surface area contributed by atoms with Crippen molar-refractivity contribution in [2.45, 2.75) is 37.8 Å². The van der Waals surface area contributed by atoms with E-state index in [4.69, 9.17) is 5.11 Å². The first-order valence-electron chi connectivity index (χ1n) is 3.80. The van der Waals surface area contributed by atoms with E-state index >= 15 is 0 Å². The molecule has 0 heterocycles. The molecule has 0 amide bonds. The fraction of sp³-hybridized carbons (Fsp3) is 1.00. The molecule has 1 atom stereocenters. The summed E-state index contributed by atoms with van der Waals surface area (Å²) in [7, 11) is 0. The van der Waals surface area contributed by atoms with Gasteiger partial charge in [-0.15, -0.1) is 0 Å². The number of hydrogen-bond donors (Lipinski definition) is 1. The number of rotatable bonds is 5. The summed E-state index contributed by atoms with van der Waals surface area (Å²) in [6.45, 7) is 1.64. The topological polar surface area (TPSA) is 20.2 Å². The van der Waals surface area contributed by atoms with Gasteiger partial charge in [0.15, 0.2) is 0 Å². The largest absolute Gasteiger partial charge is 0.441 e. The van der Waals surface area contributed by atoms with Crippen LogP contribution in [0.25, 0.3) is 0 Å². The van der Waals surface area contributed by atoms with Crippen molar-refractivity contribution in [3.8, 4) is 0 Å². The molecule has 1 unspecified atom stereocenters. The maximum Gasteiger partial charge on any atom is 0.441 e. The highest BCUT2D eigenvalue weighted by atomic mass is 32.2. The van der Waals surface area contributed by atoms with Crippen LogP contribution in [-0.4, -0.2) is 22.5 Å². The molecule has 0 aliphatic carbocycles. The van der Waals surface area contributed by atoms with Gasteiger partial charge in [0.1, 0.15) is 0 Å². The highest BCUT2D eigenvalue weighted by molar-refractivity contribution is 8.00. The second kappa shape index (κ2) is 5.70. The lowest BCUT2D eigenvalue weighted by molar-refractivity contribution is -0.0328. The first kappa shape index (κ1) is 12.1. The lowest BCUT2D eigenvalue weighted by Gasteiger charge is -2.05. The second-order valence-electron chi connectivity index (χ2n) is 2.64. The summed E-state index contributed by atoms with van der Waals surface area (Å²) < 4.78 is 34.7. The minimum Gasteiger partial charge on any atom is -0.393 e. The van der Waals surface area contributed by atoms with Crippen LogP contribution in [0.2, 0.25) is 0 Å². The molecule has 0 bridgehead atoms. The van der Waals surface area contributed by atoms with Crippen LogP contribution in [0.15, 0.2) is 0 Å². The van der Waals surface area contributed by atoms with E-state index in [2.05, 4.69) is 0 Å². The van der Waals surface area contributed by atoms with E-state index in [1.54, 1.807) is 6.92 Å². The van der Waals surface area contributed by atoms with Gasteiger partial charge in [-0.05, 0) is 19.8 Å². The highest BCUT2D eigenvalue weighted by Crippen LogP contribution is 2.30. The first-order chi connectivity index (χ1) is 5.42. The summed E-state index contributed by atoms with van der Waals surface area (Å²) in [6.07, 6.45) is 1.34. The number of aliphatic hydroxyl groups excluding tert-OH is 1. The molecule has 0 aromatic rings. The van der Waals surface area contributed by atoms with Crippen LogP contribution in [0.1, 0.15) is 26.2 Å². The van der Waals surface area contributed by atoms with Crippen LogP contribution in [0.5, 0.6) is 0 Å². The van der Waals surface area contributed by atoms with Crippen molar-refractivity contribution in [3.05, 3.63) is 0 Å². The van der Waals surface area contributed by atoms with E-state index in [1.165, 1.54) is 0 Å². The van der Waals surface area contributed by atoms with E-state index in [-0.39, 0.29) is 17.5 Å². The Morgan fingerprint density at radius 1 is 1.33 bits per heavy atom. The molecule has 0 fully saturated rings. The molecule has 0 spiro atoms. The summed E-state index contributed by atoms with van der Waals surface area (Å²) in [5, 5.41) is 8.78. The molecule has 0 aromatic heterocycles. The maximum absolute atomic E-state index is 11.6. The highest BCUT2D eigenvalue weighted by Gasteiger charge is 2.27. The average molecular weight is 202 g/mol. The Bertz CT molecular complexity index is 114. The monoisotopic (exact) mass is 202 g/mol. The number of alkyl halides is 3. The molecular formula is C7H13F3OS. The third-order valence-corrected chi connectivity index (χ3v) is 2.10. The Hall–Kier alpha value is 0.100. The van der Waals surface area contributed by atoms with E-state index in [0.29, 0.717) is 19.3 Å². The van der Waals surface area contributed by atoms with E-state index in [1.807, 2.05) is 0 Å². The minimum atomic E-state index is -4.11. The van der Waals surface area contributed by atoms with Gasteiger partial charge in [-0.3, -0.25) is 0 Å². The quantitative estimate of drug-likeness (QED) is 0.692. The minimum absolute atomic E-state index is 0.00360. The number of hydrogen-bond acceptors (Lipinski definition) is 2. The van der Waals surface area contributed by atoms with Crippen molar-refractivity contribution in [1.82, 2.24) is 0 Å². The Morgan fingerprint density at radius 3 is 2.33 bits per heavy atom. The molecule has 0 aromatic carbocycles. The third-order valence-electron chi connectivity index (χ3n) is 1.28. The molecular weight excluding hydrogens is 189 g/mol. The molecule has 0 aliphatic rings. The van der Waals surface area contributed by atoms with Crippen molar-refractivity contribution >= 4 is 11.8 Å². The maximum atomic E-state index is 11.6. The van der Waals surface area contributed by atoms with Gasteiger partial charge in [0.25, 0.3) is 0 Å². The number of halogens is 3. The van der Waals surface area contributed by atoms with Crippen molar-refractivity contribution in [2.24, 2.45) is 0 Å². The van der Waals surface area contributed by atoms with E-state index < -0.39 is 11.6 Å². The van der Waals surface area contributed by atoms with Gasteiger partial charge in [0, 0.05) is 5.75 Å². The Morgan fingerprint density at radius 2 is 1.92 bits per heavy atom. The van der Waals surface area contributed by atoms with Gasteiger partial charge in [-0.25, -0.2) is 0 Å². The summed E-state index contributed by atoms with van der Waals surface area (Å²) in [5.41, 5.74) is -4.11. The van der Waals surface area contributed by atoms with Crippen molar-refractivity contribution in [2.75, 3.05) is 5.75 Å². The van der Waals surface area contributed by atoms with Crippen molar-refractivity contribution in [1.29, 1.82) is 0 Å². The molecule has 12 heavy (non-hydrogen) atoms. The van der Waals surface area contributed by atoms with Crippen LogP contribution in [0.3, 0.4) is 0 Å². The number of aliphatic hydroxyl groups is 1. The van der Waals surface area contributed by atoms with Gasteiger partial charge in [-0.2, -0.15) is 13.2 Å². The predicted molar refractivity (Wildman–Crippen MR) is 44.0 cm³/mol. The second-order valence-corrected chi connectivity index (χ2v) is 3.80. The molecule has 0 saturated carbocycles. The van der Waals surface area contributed by atoms with E-state index in [0.717, 1.165) is 0 Å². The normalized spacial score (nSPS) is 14.8. The first-order valence-corrected chi connectivity index (χ1v) is 4.79. The lowest BCUT2D eigenvalue weighted by atomic mass is 10.2. The zero-order valence-corrected chi connectivity index (χ0v) is 7.71. The van der Waals surface area contributed by atoms with Crippen LogP contribution >= 0.6 is 11.8 Å². The zero-order valence-electron chi connectivity index (χ0n) is 6.90. The SMILES string of the molecule is CC(O)CCCCSC(F)(F)F. The number of unbranched alkanes of at least 4 members (excludes halogenated alkanes) is 1. The average Bonchev–Trinajstić information content (AvgIpc) is 1.83. The fourth-order valence-electron chi connectivity index (χ4n) is 0.730. The summed E-state index contributed by atoms with van der Waals surface area (Å²) >= 11 is 0.00360. The van der Waals surface area contributed by atoms with Crippen LogP contribution in [-0.2, 0) is 0 Å². The molecule has 0 aliphatic heterocycles. The Balaban J connectivity index is 3.12. The molecule has 0 rings (SSSR count). The number of thioether (sulfide) groups is 1. The summed E-state index contributed by atoms with van der Waals surface area (Å²) in [5.74, 6) is 0.0935. The molecule has 0 saturated heterocycles. The molecule has 5 heteroatoms. The predicted octanol–water partition coefficient (Wildman–Crippen LogP) is 2.79. The van der Waals surface area contributed by atoms with Gasteiger partial charge in [0.05, 0.1) is 6.10 Å². The molecule has 0 radical (unpaired) electrons.